The lowest BCUT2D eigenvalue weighted by Crippen LogP contribution is -2.34. The Morgan fingerprint density at radius 2 is 1.95 bits per heavy atom. The number of methoxy groups -OCH3 is 1. The maximum Gasteiger partial charge on any atom is 0.128 e. The fourth-order valence-electron chi connectivity index (χ4n) is 3.06. The van der Waals surface area contributed by atoms with Crippen molar-refractivity contribution in [3.05, 3.63) is 23.0 Å². The summed E-state index contributed by atoms with van der Waals surface area (Å²) in [6.07, 6.45) is 6.53. The van der Waals surface area contributed by atoms with Gasteiger partial charge in [-0.25, -0.2) is 0 Å². The van der Waals surface area contributed by atoms with Gasteiger partial charge in [-0.15, -0.1) is 0 Å². The van der Waals surface area contributed by atoms with Crippen LogP contribution in [0.4, 0.5) is 0 Å². The fourth-order valence-corrected chi connectivity index (χ4v) is 3.06. The average Bonchev–Trinajstić information content (AvgIpc) is 2.43. The third-order valence-electron chi connectivity index (χ3n) is 4.18. The van der Waals surface area contributed by atoms with Gasteiger partial charge in [-0.3, -0.25) is 4.98 Å². The van der Waals surface area contributed by atoms with Crippen LogP contribution in [0.25, 0.3) is 0 Å². The fraction of sp³-hybridized carbons (Fsp3) is 0.722. The smallest absolute Gasteiger partial charge is 0.128 e. The summed E-state index contributed by atoms with van der Waals surface area (Å²) in [6, 6.07) is 0. The van der Waals surface area contributed by atoms with Gasteiger partial charge in [0.25, 0.3) is 0 Å². The second kappa shape index (κ2) is 8.38. The summed E-state index contributed by atoms with van der Waals surface area (Å²) in [5, 5.41) is 3.58. The predicted molar refractivity (Wildman–Crippen MR) is 90.1 cm³/mol. The summed E-state index contributed by atoms with van der Waals surface area (Å²) in [4.78, 5) is 4.67. The van der Waals surface area contributed by atoms with Crippen LogP contribution in [0.2, 0.25) is 0 Å². The SMILES string of the molecule is CCCNCC(C)(CCC)Cc1ncc(C)c(OC)c1C. The van der Waals surface area contributed by atoms with Crippen LogP contribution >= 0.6 is 0 Å². The molecule has 0 aliphatic heterocycles. The predicted octanol–water partition coefficient (Wildman–Crippen LogP) is 4.06. The number of aryl methyl sites for hydroxylation is 1. The minimum atomic E-state index is 0.252. The highest BCUT2D eigenvalue weighted by Crippen LogP contribution is 2.31. The first-order valence-corrected chi connectivity index (χ1v) is 8.17. The van der Waals surface area contributed by atoms with E-state index in [0.29, 0.717) is 0 Å². The van der Waals surface area contributed by atoms with Crippen LogP contribution in [0.15, 0.2) is 6.20 Å². The average molecular weight is 292 g/mol. The van der Waals surface area contributed by atoms with Crippen LogP contribution < -0.4 is 10.1 Å². The molecule has 3 nitrogen and oxygen atoms in total. The molecule has 21 heavy (non-hydrogen) atoms. The number of aromatic nitrogens is 1. The van der Waals surface area contributed by atoms with Crippen molar-refractivity contribution in [2.75, 3.05) is 20.2 Å². The van der Waals surface area contributed by atoms with Gasteiger partial charge in [-0.05, 0) is 45.1 Å². The van der Waals surface area contributed by atoms with Crippen LogP contribution in [0.1, 0.15) is 56.9 Å². The number of nitrogens with zero attached hydrogens (tertiary/aromatic N) is 1. The van der Waals surface area contributed by atoms with E-state index in [1.165, 1.54) is 30.5 Å². The molecule has 1 heterocycles. The molecule has 0 saturated heterocycles. The zero-order valence-corrected chi connectivity index (χ0v) is 14.7. The van der Waals surface area contributed by atoms with Crippen LogP contribution in [0.3, 0.4) is 0 Å². The third-order valence-corrected chi connectivity index (χ3v) is 4.18. The zero-order chi connectivity index (χ0) is 15.9. The van der Waals surface area contributed by atoms with Crippen molar-refractivity contribution in [3.63, 3.8) is 0 Å². The van der Waals surface area contributed by atoms with E-state index >= 15 is 0 Å². The molecule has 0 aliphatic rings. The van der Waals surface area contributed by atoms with Crippen LogP contribution in [0.5, 0.6) is 5.75 Å². The highest BCUT2D eigenvalue weighted by molar-refractivity contribution is 5.41. The number of pyridine rings is 1. The monoisotopic (exact) mass is 292 g/mol. The van der Waals surface area contributed by atoms with Crippen molar-refractivity contribution in [3.8, 4) is 5.75 Å². The molecule has 1 aromatic rings. The summed E-state index contributed by atoms with van der Waals surface area (Å²) in [6.45, 7) is 13.1. The molecule has 0 bridgehead atoms. The Kier molecular flexibility index (Phi) is 7.16. The quantitative estimate of drug-likeness (QED) is 0.697. The van der Waals surface area contributed by atoms with Crippen LogP contribution in [-0.2, 0) is 6.42 Å². The second-order valence-electron chi connectivity index (χ2n) is 6.46. The van der Waals surface area contributed by atoms with Gasteiger partial charge in [0, 0.05) is 29.6 Å². The van der Waals surface area contributed by atoms with Crippen molar-refractivity contribution in [2.24, 2.45) is 5.41 Å². The van der Waals surface area contributed by atoms with E-state index in [0.717, 1.165) is 30.8 Å². The lowest BCUT2D eigenvalue weighted by atomic mass is 9.80. The van der Waals surface area contributed by atoms with Gasteiger partial charge in [0.15, 0.2) is 0 Å². The van der Waals surface area contributed by atoms with Gasteiger partial charge in [-0.1, -0.05) is 27.2 Å². The van der Waals surface area contributed by atoms with Gasteiger partial charge in [-0.2, -0.15) is 0 Å². The van der Waals surface area contributed by atoms with Crippen LogP contribution in [0, 0.1) is 19.3 Å². The Bertz CT molecular complexity index is 445. The third kappa shape index (κ3) is 4.99. The Balaban J connectivity index is 2.93. The Labute approximate surface area is 130 Å². The normalized spacial score (nSPS) is 14.0. The lowest BCUT2D eigenvalue weighted by Gasteiger charge is -2.30. The summed E-state index contributed by atoms with van der Waals surface area (Å²) in [5.41, 5.74) is 3.73. The molecule has 0 spiro atoms. The summed E-state index contributed by atoms with van der Waals surface area (Å²) in [5.74, 6) is 0.986. The molecule has 0 saturated carbocycles. The molecular formula is C18H32N2O. The van der Waals surface area contributed by atoms with Crippen molar-refractivity contribution in [1.29, 1.82) is 0 Å². The molecule has 0 aliphatic carbocycles. The molecular weight excluding hydrogens is 260 g/mol. The molecule has 0 fully saturated rings. The number of hydrogen-bond acceptors (Lipinski definition) is 3. The molecule has 120 valence electrons. The summed E-state index contributed by atoms with van der Waals surface area (Å²) < 4.78 is 5.53. The van der Waals surface area contributed by atoms with E-state index in [1.54, 1.807) is 7.11 Å². The standard InChI is InChI=1S/C18H32N2O/c1-7-9-18(5,13-19-10-8-2)11-16-15(4)17(21-6)14(3)12-20-16/h12,19H,7-11,13H2,1-6H3. The Hall–Kier alpha value is -1.09. The van der Waals surface area contributed by atoms with E-state index in [2.05, 4.69) is 44.9 Å². The first-order chi connectivity index (χ1) is 9.97. The zero-order valence-electron chi connectivity index (χ0n) is 14.7. The summed E-state index contributed by atoms with van der Waals surface area (Å²) >= 11 is 0. The number of hydrogen-bond donors (Lipinski definition) is 1. The van der Waals surface area contributed by atoms with Gasteiger partial charge < -0.3 is 10.1 Å². The molecule has 0 amide bonds. The van der Waals surface area contributed by atoms with Crippen molar-refractivity contribution < 1.29 is 4.74 Å². The van der Waals surface area contributed by atoms with Crippen molar-refractivity contribution in [1.82, 2.24) is 10.3 Å². The highest BCUT2D eigenvalue weighted by atomic mass is 16.5. The van der Waals surface area contributed by atoms with Gasteiger partial charge >= 0.3 is 0 Å². The molecule has 1 unspecified atom stereocenters. The van der Waals surface area contributed by atoms with E-state index in [-0.39, 0.29) is 5.41 Å². The Morgan fingerprint density at radius 3 is 2.52 bits per heavy atom. The topological polar surface area (TPSA) is 34.2 Å². The molecule has 0 aromatic carbocycles. The van der Waals surface area contributed by atoms with E-state index in [9.17, 15) is 0 Å². The highest BCUT2D eigenvalue weighted by Gasteiger charge is 2.25. The number of ether oxygens (including phenoxy) is 1. The van der Waals surface area contributed by atoms with Crippen molar-refractivity contribution in [2.45, 2.75) is 60.3 Å². The van der Waals surface area contributed by atoms with E-state index < -0.39 is 0 Å². The minimum absolute atomic E-state index is 0.252. The van der Waals surface area contributed by atoms with Crippen LogP contribution in [-0.4, -0.2) is 25.2 Å². The van der Waals surface area contributed by atoms with Gasteiger partial charge in [0.1, 0.15) is 5.75 Å². The lowest BCUT2D eigenvalue weighted by molar-refractivity contribution is 0.272. The molecule has 0 radical (unpaired) electrons. The van der Waals surface area contributed by atoms with E-state index in [1.807, 2.05) is 6.20 Å². The van der Waals surface area contributed by atoms with Gasteiger partial charge in [0.2, 0.25) is 0 Å². The largest absolute Gasteiger partial charge is 0.496 e. The molecule has 1 atom stereocenters. The molecule has 1 aromatic heterocycles. The first-order valence-electron chi connectivity index (χ1n) is 8.17. The van der Waals surface area contributed by atoms with E-state index in [4.69, 9.17) is 4.74 Å². The maximum atomic E-state index is 5.53. The molecule has 1 rings (SSSR count). The number of nitrogens with one attached hydrogen (secondary N) is 1. The molecule has 3 heteroatoms. The minimum Gasteiger partial charge on any atom is -0.496 e. The summed E-state index contributed by atoms with van der Waals surface area (Å²) in [7, 11) is 1.74. The maximum absolute atomic E-state index is 5.53. The first kappa shape index (κ1) is 18.0. The van der Waals surface area contributed by atoms with Gasteiger partial charge in [0.05, 0.1) is 7.11 Å². The molecule has 1 N–H and O–H groups in total. The number of rotatable bonds is 9. The second-order valence-corrected chi connectivity index (χ2v) is 6.46. The Morgan fingerprint density at radius 1 is 1.24 bits per heavy atom. The van der Waals surface area contributed by atoms with Crippen molar-refractivity contribution >= 4 is 0 Å².